The van der Waals surface area contributed by atoms with Gasteiger partial charge in [-0.15, -0.1) is 0 Å². The summed E-state index contributed by atoms with van der Waals surface area (Å²) in [6.07, 6.45) is 0. The van der Waals surface area contributed by atoms with Gasteiger partial charge in [0.2, 0.25) is 0 Å². The van der Waals surface area contributed by atoms with Crippen molar-refractivity contribution in [2.75, 3.05) is 0 Å². The fourth-order valence-electron chi connectivity index (χ4n) is 1.09. The van der Waals surface area contributed by atoms with Crippen LogP contribution in [-0.4, -0.2) is 0 Å². The molecule has 1 atom stereocenters. The largest absolute Gasteiger partial charge is 0.351 e. The minimum atomic E-state index is 0.427. The van der Waals surface area contributed by atoms with Crippen LogP contribution in [0.4, 0.5) is 0 Å². The van der Waals surface area contributed by atoms with E-state index in [1.807, 2.05) is 6.07 Å². The minimum Gasteiger partial charge on any atom is -0.351 e. The summed E-state index contributed by atoms with van der Waals surface area (Å²) in [5, 5.41) is 0. The van der Waals surface area contributed by atoms with Gasteiger partial charge in [0, 0.05) is 11.5 Å². The van der Waals surface area contributed by atoms with Gasteiger partial charge in [-0.05, 0) is 0 Å². The van der Waals surface area contributed by atoms with Crippen molar-refractivity contribution in [3.8, 4) is 0 Å². The molecule has 11 heavy (non-hydrogen) atoms. The van der Waals surface area contributed by atoms with E-state index < -0.39 is 0 Å². The van der Waals surface area contributed by atoms with Gasteiger partial charge in [0.05, 0.1) is 0 Å². The van der Waals surface area contributed by atoms with Gasteiger partial charge in [0.1, 0.15) is 6.04 Å². The SMILES string of the molecule is CC(C)[C@H]([NH3+])c1ccccc1. The van der Waals surface area contributed by atoms with Gasteiger partial charge in [-0.1, -0.05) is 44.2 Å². The second-order valence-electron chi connectivity index (χ2n) is 3.26. The van der Waals surface area contributed by atoms with E-state index in [2.05, 4.69) is 43.8 Å². The van der Waals surface area contributed by atoms with Crippen molar-refractivity contribution in [1.29, 1.82) is 0 Å². The molecule has 0 aliphatic heterocycles. The maximum Gasteiger partial charge on any atom is 0.112 e. The van der Waals surface area contributed by atoms with Crippen LogP contribution in [0.3, 0.4) is 0 Å². The maximum absolute atomic E-state index is 4.11. The van der Waals surface area contributed by atoms with Crippen molar-refractivity contribution in [3.05, 3.63) is 35.9 Å². The monoisotopic (exact) mass is 150 g/mol. The van der Waals surface area contributed by atoms with Crippen molar-refractivity contribution < 1.29 is 5.73 Å². The first-order chi connectivity index (χ1) is 5.22. The van der Waals surface area contributed by atoms with Gasteiger partial charge in [-0.3, -0.25) is 0 Å². The van der Waals surface area contributed by atoms with Gasteiger partial charge in [0.25, 0.3) is 0 Å². The zero-order valence-electron chi connectivity index (χ0n) is 7.25. The zero-order valence-corrected chi connectivity index (χ0v) is 7.25. The highest BCUT2D eigenvalue weighted by molar-refractivity contribution is 5.17. The number of quaternary nitrogens is 1. The molecule has 0 unspecified atom stereocenters. The highest BCUT2D eigenvalue weighted by atomic mass is 14.6. The molecule has 0 heterocycles. The molecule has 1 aromatic carbocycles. The third-order valence-corrected chi connectivity index (χ3v) is 2.03. The van der Waals surface area contributed by atoms with E-state index in [-0.39, 0.29) is 0 Å². The van der Waals surface area contributed by atoms with E-state index in [0.29, 0.717) is 12.0 Å². The maximum atomic E-state index is 4.11. The Hall–Kier alpha value is -0.820. The lowest BCUT2D eigenvalue weighted by Gasteiger charge is -2.11. The molecule has 0 saturated carbocycles. The molecule has 3 N–H and O–H groups in total. The van der Waals surface area contributed by atoms with Gasteiger partial charge in [0.15, 0.2) is 0 Å². The lowest BCUT2D eigenvalue weighted by molar-refractivity contribution is -0.438. The van der Waals surface area contributed by atoms with Crippen molar-refractivity contribution in [2.45, 2.75) is 19.9 Å². The van der Waals surface area contributed by atoms with Crippen LogP contribution in [0.25, 0.3) is 0 Å². The molecule has 0 amide bonds. The average molecular weight is 150 g/mol. The van der Waals surface area contributed by atoms with Gasteiger partial charge in [-0.2, -0.15) is 0 Å². The molecule has 1 heteroatoms. The van der Waals surface area contributed by atoms with Crippen molar-refractivity contribution in [1.82, 2.24) is 0 Å². The Morgan fingerprint density at radius 2 is 1.64 bits per heavy atom. The Labute approximate surface area is 68.2 Å². The Morgan fingerprint density at radius 3 is 2.09 bits per heavy atom. The summed E-state index contributed by atoms with van der Waals surface area (Å²) in [4.78, 5) is 0. The second-order valence-corrected chi connectivity index (χ2v) is 3.26. The molecule has 0 spiro atoms. The molecular weight excluding hydrogens is 134 g/mol. The summed E-state index contributed by atoms with van der Waals surface area (Å²) in [5.74, 6) is 0.623. The Bertz CT molecular complexity index is 203. The molecule has 1 rings (SSSR count). The van der Waals surface area contributed by atoms with E-state index in [0.717, 1.165) is 0 Å². The summed E-state index contributed by atoms with van der Waals surface area (Å²) in [6.45, 7) is 4.40. The molecule has 60 valence electrons. The minimum absolute atomic E-state index is 0.427. The standard InChI is InChI=1S/C10H15N/c1-8(2)10(11)9-6-4-3-5-7-9/h3-8,10H,11H2,1-2H3/p+1/t10-/m0/s1. The second kappa shape index (κ2) is 3.54. The van der Waals surface area contributed by atoms with Crippen molar-refractivity contribution in [2.24, 2.45) is 5.92 Å². The van der Waals surface area contributed by atoms with E-state index in [1.165, 1.54) is 5.56 Å². The summed E-state index contributed by atoms with van der Waals surface area (Å²) in [6, 6.07) is 10.9. The third kappa shape index (κ3) is 2.05. The highest BCUT2D eigenvalue weighted by Gasteiger charge is 2.12. The zero-order chi connectivity index (χ0) is 8.27. The molecule has 0 aliphatic carbocycles. The number of hydrogen-bond donors (Lipinski definition) is 1. The normalized spacial score (nSPS) is 13.5. The molecule has 1 aromatic rings. The molecule has 0 radical (unpaired) electrons. The molecule has 0 aliphatic rings. The van der Waals surface area contributed by atoms with E-state index in [9.17, 15) is 0 Å². The fraction of sp³-hybridized carbons (Fsp3) is 0.400. The summed E-state index contributed by atoms with van der Waals surface area (Å²) in [7, 11) is 0. The molecule has 1 nitrogen and oxygen atoms in total. The van der Waals surface area contributed by atoms with Gasteiger partial charge >= 0.3 is 0 Å². The van der Waals surface area contributed by atoms with Crippen molar-refractivity contribution in [3.63, 3.8) is 0 Å². The third-order valence-electron chi connectivity index (χ3n) is 2.03. The Kier molecular flexibility index (Phi) is 2.66. The van der Waals surface area contributed by atoms with E-state index >= 15 is 0 Å². The van der Waals surface area contributed by atoms with Crippen LogP contribution < -0.4 is 5.73 Å². The smallest absolute Gasteiger partial charge is 0.112 e. The predicted molar refractivity (Wildman–Crippen MR) is 46.9 cm³/mol. The quantitative estimate of drug-likeness (QED) is 0.663. The Balaban J connectivity index is 2.77. The van der Waals surface area contributed by atoms with Crippen LogP contribution >= 0.6 is 0 Å². The van der Waals surface area contributed by atoms with Crippen LogP contribution in [0.5, 0.6) is 0 Å². The summed E-state index contributed by atoms with van der Waals surface area (Å²) >= 11 is 0. The predicted octanol–water partition coefficient (Wildman–Crippen LogP) is 1.63. The van der Waals surface area contributed by atoms with E-state index in [1.54, 1.807) is 0 Å². The van der Waals surface area contributed by atoms with Gasteiger partial charge < -0.3 is 5.73 Å². The Morgan fingerprint density at radius 1 is 1.09 bits per heavy atom. The van der Waals surface area contributed by atoms with E-state index in [4.69, 9.17) is 0 Å². The molecular formula is C10H16N+. The average Bonchev–Trinajstić information content (AvgIpc) is 2.05. The highest BCUT2D eigenvalue weighted by Crippen LogP contribution is 2.15. The number of hydrogen-bond acceptors (Lipinski definition) is 0. The van der Waals surface area contributed by atoms with Crippen LogP contribution in [-0.2, 0) is 0 Å². The van der Waals surface area contributed by atoms with Crippen LogP contribution in [0.2, 0.25) is 0 Å². The van der Waals surface area contributed by atoms with Crippen LogP contribution in [0.1, 0.15) is 25.5 Å². The first-order valence-corrected chi connectivity index (χ1v) is 4.10. The molecule has 0 aromatic heterocycles. The number of rotatable bonds is 2. The molecule has 0 bridgehead atoms. The molecule has 0 fully saturated rings. The summed E-state index contributed by atoms with van der Waals surface area (Å²) in [5.41, 5.74) is 5.44. The topological polar surface area (TPSA) is 27.6 Å². The first kappa shape index (κ1) is 8.28. The number of benzene rings is 1. The fourth-order valence-corrected chi connectivity index (χ4v) is 1.09. The van der Waals surface area contributed by atoms with Crippen molar-refractivity contribution >= 4 is 0 Å². The summed E-state index contributed by atoms with van der Waals surface area (Å²) < 4.78 is 0. The first-order valence-electron chi connectivity index (χ1n) is 4.10. The van der Waals surface area contributed by atoms with Crippen LogP contribution in [0, 0.1) is 5.92 Å². The van der Waals surface area contributed by atoms with Gasteiger partial charge in [-0.25, -0.2) is 0 Å². The molecule has 0 saturated heterocycles. The lowest BCUT2D eigenvalue weighted by Crippen LogP contribution is -2.55. The van der Waals surface area contributed by atoms with Crippen LogP contribution in [0.15, 0.2) is 30.3 Å². The lowest BCUT2D eigenvalue weighted by atomic mass is 9.97.